The Morgan fingerprint density at radius 1 is 0.778 bits per heavy atom. The van der Waals surface area contributed by atoms with Crippen LogP contribution in [0.5, 0.6) is 0 Å². The van der Waals surface area contributed by atoms with Crippen LogP contribution in [0.15, 0.2) is 24.3 Å². The van der Waals surface area contributed by atoms with E-state index in [-0.39, 0.29) is 0 Å². The van der Waals surface area contributed by atoms with Crippen LogP contribution in [0, 0.1) is 0 Å². The number of benzene rings is 1. The molecule has 1 aromatic rings. The molecular formula is C16H24N2. The van der Waals surface area contributed by atoms with Crippen LogP contribution in [0.3, 0.4) is 0 Å². The third-order valence-electron chi connectivity index (χ3n) is 4.51. The fraction of sp³-hybridized carbons (Fsp3) is 0.625. The summed E-state index contributed by atoms with van der Waals surface area (Å²) in [5, 5.41) is 7.02. The van der Waals surface area contributed by atoms with E-state index < -0.39 is 0 Å². The average Bonchev–Trinajstić information content (AvgIpc) is 2.49. The Balaban J connectivity index is 1.83. The molecule has 0 amide bonds. The molecule has 1 aromatic carbocycles. The first kappa shape index (κ1) is 12.2. The first-order valence-corrected chi connectivity index (χ1v) is 7.45. The van der Waals surface area contributed by atoms with Crippen LogP contribution in [0.2, 0.25) is 0 Å². The zero-order valence-electron chi connectivity index (χ0n) is 11.1. The number of nitrogens with one attached hydrogen (secondary N) is 2. The third kappa shape index (κ3) is 2.60. The average molecular weight is 244 g/mol. The Hall–Kier alpha value is -0.860. The highest BCUT2D eigenvalue weighted by molar-refractivity contribution is 5.34. The molecule has 0 radical (unpaired) electrons. The van der Waals surface area contributed by atoms with Gasteiger partial charge in [-0.1, -0.05) is 24.3 Å². The van der Waals surface area contributed by atoms with Crippen LogP contribution in [-0.2, 0) is 0 Å². The molecule has 2 heterocycles. The molecule has 0 spiro atoms. The standard InChI is InChI=1S/C16H24N2/c1-2-6-16(14-4-3-9-18-12-14)15(5-1)13-7-10-17-11-8-13/h1-2,5-6,13-14,17-18H,3-4,7-12H2. The van der Waals surface area contributed by atoms with Crippen LogP contribution >= 0.6 is 0 Å². The predicted octanol–water partition coefficient (Wildman–Crippen LogP) is 2.62. The molecule has 2 saturated heterocycles. The molecular weight excluding hydrogens is 220 g/mol. The minimum atomic E-state index is 0.741. The largest absolute Gasteiger partial charge is 0.317 e. The lowest BCUT2D eigenvalue weighted by Crippen LogP contribution is -2.30. The van der Waals surface area contributed by atoms with Gasteiger partial charge in [-0.15, -0.1) is 0 Å². The maximum Gasteiger partial charge on any atom is 0.00202 e. The van der Waals surface area contributed by atoms with Crippen molar-refractivity contribution < 1.29 is 0 Å². The maximum atomic E-state index is 3.55. The minimum absolute atomic E-state index is 0.741. The molecule has 2 fully saturated rings. The quantitative estimate of drug-likeness (QED) is 0.835. The number of piperidine rings is 2. The molecule has 2 aliphatic heterocycles. The van der Waals surface area contributed by atoms with Gasteiger partial charge in [-0.05, 0) is 68.3 Å². The van der Waals surface area contributed by atoms with Crippen molar-refractivity contribution in [2.75, 3.05) is 26.2 Å². The number of rotatable bonds is 2. The fourth-order valence-corrected chi connectivity index (χ4v) is 3.50. The molecule has 1 atom stereocenters. The van der Waals surface area contributed by atoms with Gasteiger partial charge >= 0.3 is 0 Å². The van der Waals surface area contributed by atoms with Crippen molar-refractivity contribution >= 4 is 0 Å². The van der Waals surface area contributed by atoms with Gasteiger partial charge in [-0.2, -0.15) is 0 Å². The van der Waals surface area contributed by atoms with Crippen molar-refractivity contribution in [3.63, 3.8) is 0 Å². The lowest BCUT2D eigenvalue weighted by molar-refractivity contribution is 0.436. The van der Waals surface area contributed by atoms with Crippen molar-refractivity contribution in [2.45, 2.75) is 37.5 Å². The Kier molecular flexibility index (Phi) is 3.96. The lowest BCUT2D eigenvalue weighted by Gasteiger charge is -2.30. The molecule has 3 rings (SSSR count). The molecule has 2 heteroatoms. The monoisotopic (exact) mass is 244 g/mol. The summed E-state index contributed by atoms with van der Waals surface area (Å²) < 4.78 is 0. The summed E-state index contributed by atoms with van der Waals surface area (Å²) in [4.78, 5) is 0. The second kappa shape index (κ2) is 5.85. The topological polar surface area (TPSA) is 24.1 Å². The van der Waals surface area contributed by atoms with Gasteiger partial charge in [0.1, 0.15) is 0 Å². The van der Waals surface area contributed by atoms with Gasteiger partial charge in [0.2, 0.25) is 0 Å². The smallest absolute Gasteiger partial charge is 0.00202 e. The Bertz CT molecular complexity index is 339. The van der Waals surface area contributed by atoms with Gasteiger partial charge in [0.15, 0.2) is 0 Å². The van der Waals surface area contributed by atoms with Crippen LogP contribution in [-0.4, -0.2) is 26.2 Å². The highest BCUT2D eigenvalue weighted by atomic mass is 14.9. The van der Waals surface area contributed by atoms with E-state index in [9.17, 15) is 0 Å². The Morgan fingerprint density at radius 3 is 2.17 bits per heavy atom. The summed E-state index contributed by atoms with van der Waals surface area (Å²) >= 11 is 0. The molecule has 0 bridgehead atoms. The van der Waals surface area contributed by atoms with Crippen molar-refractivity contribution in [2.24, 2.45) is 0 Å². The fourth-order valence-electron chi connectivity index (χ4n) is 3.50. The van der Waals surface area contributed by atoms with E-state index in [1.165, 1.54) is 51.9 Å². The summed E-state index contributed by atoms with van der Waals surface area (Å²) in [7, 11) is 0. The maximum absolute atomic E-state index is 3.55. The first-order chi connectivity index (χ1) is 8.95. The van der Waals surface area contributed by atoms with Crippen LogP contribution in [0.25, 0.3) is 0 Å². The van der Waals surface area contributed by atoms with Gasteiger partial charge in [-0.3, -0.25) is 0 Å². The third-order valence-corrected chi connectivity index (χ3v) is 4.51. The SMILES string of the molecule is c1ccc(C2CCCNC2)c(C2CCNCC2)c1. The van der Waals surface area contributed by atoms with Gasteiger partial charge in [-0.25, -0.2) is 0 Å². The summed E-state index contributed by atoms with van der Waals surface area (Å²) in [6.07, 6.45) is 5.29. The molecule has 0 aromatic heterocycles. The van der Waals surface area contributed by atoms with E-state index in [1.807, 2.05) is 0 Å². The molecule has 2 N–H and O–H groups in total. The van der Waals surface area contributed by atoms with Gasteiger partial charge < -0.3 is 10.6 Å². The highest BCUT2D eigenvalue weighted by Crippen LogP contribution is 2.34. The Morgan fingerprint density at radius 2 is 1.50 bits per heavy atom. The van der Waals surface area contributed by atoms with E-state index in [1.54, 1.807) is 11.1 Å². The predicted molar refractivity (Wildman–Crippen MR) is 76.1 cm³/mol. The summed E-state index contributed by atoms with van der Waals surface area (Å²) in [6.45, 7) is 4.73. The molecule has 0 aliphatic carbocycles. The van der Waals surface area contributed by atoms with Gasteiger partial charge in [0.25, 0.3) is 0 Å². The number of hydrogen-bond donors (Lipinski definition) is 2. The second-order valence-corrected chi connectivity index (χ2v) is 5.70. The van der Waals surface area contributed by atoms with E-state index in [0.717, 1.165) is 11.8 Å². The Labute approximate surface area is 110 Å². The van der Waals surface area contributed by atoms with Gasteiger partial charge in [0.05, 0.1) is 0 Å². The second-order valence-electron chi connectivity index (χ2n) is 5.70. The van der Waals surface area contributed by atoms with Crippen molar-refractivity contribution in [1.29, 1.82) is 0 Å². The summed E-state index contributed by atoms with van der Waals surface area (Å²) in [5.41, 5.74) is 3.25. The normalized spacial score (nSPS) is 26.1. The van der Waals surface area contributed by atoms with Crippen molar-refractivity contribution in [3.05, 3.63) is 35.4 Å². The molecule has 98 valence electrons. The van der Waals surface area contributed by atoms with Crippen LogP contribution in [0.4, 0.5) is 0 Å². The lowest BCUT2D eigenvalue weighted by atomic mass is 9.81. The summed E-state index contributed by atoms with van der Waals surface area (Å²) in [5.74, 6) is 1.52. The van der Waals surface area contributed by atoms with Crippen LogP contribution in [0.1, 0.15) is 48.6 Å². The van der Waals surface area contributed by atoms with E-state index >= 15 is 0 Å². The van der Waals surface area contributed by atoms with Crippen molar-refractivity contribution in [3.8, 4) is 0 Å². The van der Waals surface area contributed by atoms with Crippen LogP contribution < -0.4 is 10.6 Å². The zero-order chi connectivity index (χ0) is 12.2. The first-order valence-electron chi connectivity index (χ1n) is 7.45. The molecule has 1 unspecified atom stereocenters. The molecule has 18 heavy (non-hydrogen) atoms. The molecule has 2 nitrogen and oxygen atoms in total. The van der Waals surface area contributed by atoms with E-state index in [2.05, 4.69) is 34.9 Å². The minimum Gasteiger partial charge on any atom is -0.317 e. The zero-order valence-corrected chi connectivity index (χ0v) is 11.1. The molecule has 2 aliphatic rings. The highest BCUT2D eigenvalue weighted by Gasteiger charge is 2.23. The molecule has 0 saturated carbocycles. The van der Waals surface area contributed by atoms with E-state index in [4.69, 9.17) is 0 Å². The van der Waals surface area contributed by atoms with Gasteiger partial charge in [0, 0.05) is 6.54 Å². The number of hydrogen-bond acceptors (Lipinski definition) is 2. The van der Waals surface area contributed by atoms with E-state index in [0.29, 0.717) is 0 Å². The van der Waals surface area contributed by atoms with Crippen molar-refractivity contribution in [1.82, 2.24) is 10.6 Å². The summed E-state index contributed by atoms with van der Waals surface area (Å²) in [6, 6.07) is 9.18.